The second kappa shape index (κ2) is 8.42. The summed E-state index contributed by atoms with van der Waals surface area (Å²) >= 11 is 0. The molecule has 5 nitrogen and oxygen atoms in total. The van der Waals surface area contributed by atoms with Gasteiger partial charge in [-0.25, -0.2) is 0 Å². The van der Waals surface area contributed by atoms with Crippen LogP contribution in [0.1, 0.15) is 18.9 Å². The number of benzene rings is 2. The van der Waals surface area contributed by atoms with E-state index in [9.17, 15) is 23.1 Å². The zero-order chi connectivity index (χ0) is 21.1. The molecule has 0 spiro atoms. The van der Waals surface area contributed by atoms with Gasteiger partial charge in [0.25, 0.3) is 0 Å². The molecule has 8 heteroatoms. The predicted octanol–water partition coefficient (Wildman–Crippen LogP) is 3.55. The van der Waals surface area contributed by atoms with Crippen LogP contribution in [-0.4, -0.2) is 47.3 Å². The zero-order valence-electron chi connectivity index (χ0n) is 15.9. The second-order valence-electron chi connectivity index (χ2n) is 7.40. The number of hydrogen-bond acceptors (Lipinski definition) is 4. The summed E-state index contributed by atoms with van der Waals surface area (Å²) in [6.07, 6.45) is -4.28. The molecule has 0 aliphatic carbocycles. The van der Waals surface area contributed by atoms with Crippen LogP contribution in [0.2, 0.25) is 0 Å². The lowest BCUT2D eigenvalue weighted by Crippen LogP contribution is -2.58. The number of halogens is 3. The van der Waals surface area contributed by atoms with Gasteiger partial charge in [-0.15, -0.1) is 0 Å². The van der Waals surface area contributed by atoms with E-state index in [4.69, 9.17) is 4.74 Å². The fraction of sp³-hybridized carbons (Fsp3) is 0.381. The topological polar surface area (TPSA) is 61.8 Å². The van der Waals surface area contributed by atoms with Crippen LogP contribution in [0.15, 0.2) is 54.6 Å². The quantitative estimate of drug-likeness (QED) is 0.795. The molecule has 0 radical (unpaired) electrons. The van der Waals surface area contributed by atoms with Crippen LogP contribution in [0.25, 0.3) is 0 Å². The Morgan fingerprint density at radius 1 is 1.21 bits per heavy atom. The van der Waals surface area contributed by atoms with Crippen molar-refractivity contribution < 1.29 is 27.8 Å². The summed E-state index contributed by atoms with van der Waals surface area (Å²) in [5.41, 5.74) is -1.63. The number of carbonyl (C=O) groups is 1. The maximum absolute atomic E-state index is 12.6. The highest BCUT2D eigenvalue weighted by atomic mass is 19.4. The van der Waals surface area contributed by atoms with Gasteiger partial charge < -0.3 is 15.2 Å². The highest BCUT2D eigenvalue weighted by Gasteiger charge is 2.40. The molecule has 1 aliphatic heterocycles. The van der Waals surface area contributed by atoms with Crippen LogP contribution in [0.4, 0.5) is 18.9 Å². The van der Waals surface area contributed by atoms with E-state index < -0.39 is 23.4 Å². The number of hydrogen-bond donors (Lipinski definition) is 2. The van der Waals surface area contributed by atoms with Crippen molar-refractivity contribution in [3.63, 3.8) is 0 Å². The Bertz CT molecular complexity index is 823. The molecule has 1 saturated heterocycles. The van der Waals surface area contributed by atoms with Gasteiger partial charge in [0.1, 0.15) is 17.5 Å². The minimum atomic E-state index is -4.42. The van der Waals surface area contributed by atoms with Gasteiger partial charge in [-0.1, -0.05) is 18.2 Å². The lowest BCUT2D eigenvalue weighted by Gasteiger charge is -2.42. The fourth-order valence-corrected chi connectivity index (χ4v) is 3.37. The molecule has 0 aromatic heterocycles. The van der Waals surface area contributed by atoms with Crippen molar-refractivity contribution in [3.8, 4) is 5.75 Å². The van der Waals surface area contributed by atoms with E-state index >= 15 is 0 Å². The molecule has 0 bridgehead atoms. The Morgan fingerprint density at radius 3 is 2.45 bits per heavy atom. The van der Waals surface area contributed by atoms with Gasteiger partial charge >= 0.3 is 6.18 Å². The van der Waals surface area contributed by atoms with Crippen LogP contribution < -0.4 is 10.1 Å². The van der Waals surface area contributed by atoms with E-state index in [0.717, 1.165) is 12.1 Å². The molecule has 2 aromatic rings. The van der Waals surface area contributed by atoms with Crippen molar-refractivity contribution >= 4 is 11.6 Å². The number of aliphatic hydroxyl groups is 1. The number of alkyl halides is 3. The number of ether oxygens (including phenoxy) is 1. The summed E-state index contributed by atoms with van der Waals surface area (Å²) in [6, 6.07) is 13.5. The van der Waals surface area contributed by atoms with E-state index in [1.54, 1.807) is 11.8 Å². The summed E-state index contributed by atoms with van der Waals surface area (Å²) in [6.45, 7) is 2.48. The van der Waals surface area contributed by atoms with Gasteiger partial charge in [0.15, 0.2) is 0 Å². The largest absolute Gasteiger partial charge is 0.487 e. The maximum Gasteiger partial charge on any atom is 0.416 e. The molecule has 2 N–H and O–H groups in total. The van der Waals surface area contributed by atoms with E-state index in [2.05, 4.69) is 5.32 Å². The van der Waals surface area contributed by atoms with Crippen LogP contribution in [0.5, 0.6) is 5.75 Å². The van der Waals surface area contributed by atoms with Gasteiger partial charge in [-0.05, 0) is 49.7 Å². The maximum atomic E-state index is 12.6. The number of anilines is 1. The molecule has 1 heterocycles. The first-order chi connectivity index (χ1) is 13.6. The number of amides is 1. The van der Waals surface area contributed by atoms with Gasteiger partial charge in [0.05, 0.1) is 12.1 Å². The van der Waals surface area contributed by atoms with Gasteiger partial charge in [-0.3, -0.25) is 9.69 Å². The number of β-amino-alcohol motifs (C(OH)–C–C–N with tert-alkyl or cyclic N) is 1. The standard InChI is InChI=1S/C21H23F3N2O3/c1-20(28)14-26(12-11-18(20)29-17-5-3-2-4-6-17)13-19(27)25-16-9-7-15(8-10-16)21(22,23)24/h2-10,18,28H,11-14H2,1H3,(H,25,27)/t18-,20-/m0/s1. The molecule has 0 unspecified atom stereocenters. The van der Waals surface area contributed by atoms with Crippen LogP contribution in [-0.2, 0) is 11.0 Å². The lowest BCUT2D eigenvalue weighted by molar-refractivity contribution is -0.137. The average Bonchev–Trinajstić information content (AvgIpc) is 2.64. The minimum Gasteiger partial charge on any atom is -0.487 e. The molecule has 156 valence electrons. The number of carbonyl (C=O) groups excluding carboxylic acids is 1. The zero-order valence-corrected chi connectivity index (χ0v) is 15.9. The number of rotatable bonds is 5. The first-order valence-electron chi connectivity index (χ1n) is 9.27. The molecule has 1 amide bonds. The van der Waals surface area contributed by atoms with E-state index in [1.165, 1.54) is 12.1 Å². The van der Waals surface area contributed by atoms with Crippen LogP contribution >= 0.6 is 0 Å². The van der Waals surface area contributed by atoms with Crippen molar-refractivity contribution in [1.82, 2.24) is 4.90 Å². The summed E-state index contributed by atoms with van der Waals surface area (Å²) < 4.78 is 43.7. The molecule has 1 aliphatic rings. The van der Waals surface area contributed by atoms with Gasteiger partial charge in [-0.2, -0.15) is 13.2 Å². The normalized spacial score (nSPS) is 22.9. The third-order valence-corrected chi connectivity index (χ3v) is 4.83. The molecule has 3 rings (SSSR count). The van der Waals surface area contributed by atoms with Crippen molar-refractivity contribution in [2.75, 3.05) is 25.0 Å². The monoisotopic (exact) mass is 408 g/mol. The van der Waals surface area contributed by atoms with Crippen molar-refractivity contribution in [2.24, 2.45) is 0 Å². The van der Waals surface area contributed by atoms with Crippen LogP contribution in [0.3, 0.4) is 0 Å². The highest BCUT2D eigenvalue weighted by Crippen LogP contribution is 2.30. The number of nitrogens with one attached hydrogen (secondary N) is 1. The summed E-state index contributed by atoms with van der Waals surface area (Å²) in [7, 11) is 0. The van der Waals surface area contributed by atoms with E-state index in [-0.39, 0.29) is 24.7 Å². The Hall–Kier alpha value is -2.58. The number of para-hydroxylation sites is 1. The molecular formula is C21H23F3N2O3. The van der Waals surface area contributed by atoms with Gasteiger partial charge in [0.2, 0.25) is 5.91 Å². The van der Waals surface area contributed by atoms with Gasteiger partial charge in [0, 0.05) is 18.8 Å². The van der Waals surface area contributed by atoms with Crippen LogP contribution in [0, 0.1) is 0 Å². The van der Waals surface area contributed by atoms with E-state index in [0.29, 0.717) is 18.7 Å². The van der Waals surface area contributed by atoms with Crippen molar-refractivity contribution in [3.05, 3.63) is 60.2 Å². The smallest absolute Gasteiger partial charge is 0.416 e. The third-order valence-electron chi connectivity index (χ3n) is 4.83. The molecule has 2 aromatic carbocycles. The molecular weight excluding hydrogens is 385 g/mol. The Morgan fingerprint density at radius 2 is 1.86 bits per heavy atom. The Balaban J connectivity index is 1.53. The summed E-state index contributed by atoms with van der Waals surface area (Å²) in [5.74, 6) is 0.314. The predicted molar refractivity (Wildman–Crippen MR) is 103 cm³/mol. The average molecular weight is 408 g/mol. The van der Waals surface area contributed by atoms with Crippen molar-refractivity contribution in [2.45, 2.75) is 31.2 Å². The lowest BCUT2D eigenvalue weighted by atomic mass is 9.91. The van der Waals surface area contributed by atoms with E-state index in [1.807, 2.05) is 30.3 Å². The first kappa shape index (κ1) is 21.1. The van der Waals surface area contributed by atoms with Crippen molar-refractivity contribution in [1.29, 1.82) is 0 Å². The highest BCUT2D eigenvalue weighted by molar-refractivity contribution is 5.92. The molecule has 0 saturated carbocycles. The SMILES string of the molecule is C[C@]1(O)CN(CC(=O)Nc2ccc(C(F)(F)F)cc2)CC[C@@H]1Oc1ccccc1. The first-order valence-corrected chi connectivity index (χ1v) is 9.27. The molecule has 29 heavy (non-hydrogen) atoms. The summed E-state index contributed by atoms with van der Waals surface area (Å²) in [5, 5.41) is 13.4. The second-order valence-corrected chi connectivity index (χ2v) is 7.40. The Labute approximate surface area is 167 Å². The molecule has 1 fully saturated rings. The number of likely N-dealkylation sites (tertiary alicyclic amines) is 1. The Kier molecular flexibility index (Phi) is 6.14. The number of nitrogens with zero attached hydrogens (tertiary/aromatic N) is 1. The summed E-state index contributed by atoms with van der Waals surface area (Å²) in [4.78, 5) is 14.1. The minimum absolute atomic E-state index is 0.0230. The fourth-order valence-electron chi connectivity index (χ4n) is 3.37. The number of piperidine rings is 1. The third kappa shape index (κ3) is 5.71. The molecule has 2 atom stereocenters.